The maximum absolute atomic E-state index is 12.5. The lowest BCUT2D eigenvalue weighted by atomic mass is 10.2. The molecule has 0 aliphatic rings. The fourth-order valence-corrected chi connectivity index (χ4v) is 4.38. The average molecular weight is 520 g/mol. The van der Waals surface area contributed by atoms with Gasteiger partial charge in [-0.2, -0.15) is 5.10 Å². The van der Waals surface area contributed by atoms with E-state index in [1.54, 1.807) is 0 Å². The zero-order valence-electron chi connectivity index (χ0n) is 19.0. The molecule has 36 heavy (non-hydrogen) atoms. The fourth-order valence-electron chi connectivity index (χ4n) is 3.20. The molecule has 9 heteroatoms. The molecule has 0 fully saturated rings. The number of nitrogens with one attached hydrogen (secondary N) is 2. The number of halogens is 1. The Labute approximate surface area is 214 Å². The van der Waals surface area contributed by atoms with E-state index in [2.05, 4.69) is 15.2 Å². The number of sulfonamides is 1. The second-order valence-electron chi connectivity index (χ2n) is 7.65. The lowest BCUT2D eigenvalue weighted by Gasteiger charge is -2.09. The van der Waals surface area contributed by atoms with Crippen LogP contribution in [0.4, 0.5) is 5.69 Å². The van der Waals surface area contributed by atoms with Gasteiger partial charge in [0.2, 0.25) is 0 Å². The summed E-state index contributed by atoms with van der Waals surface area (Å²) < 4.78 is 33.4. The lowest BCUT2D eigenvalue weighted by Crippen LogP contribution is -2.18. The van der Waals surface area contributed by atoms with E-state index in [4.69, 9.17) is 16.3 Å². The van der Waals surface area contributed by atoms with E-state index in [1.807, 2.05) is 54.6 Å². The van der Waals surface area contributed by atoms with Crippen LogP contribution in [0.3, 0.4) is 0 Å². The zero-order valence-corrected chi connectivity index (χ0v) is 20.5. The third kappa shape index (κ3) is 6.71. The molecule has 0 radical (unpaired) electrons. The number of nitrogens with zero attached hydrogens (tertiary/aromatic N) is 1. The van der Waals surface area contributed by atoms with Gasteiger partial charge in [-0.15, -0.1) is 0 Å². The number of hydrogen-bond acceptors (Lipinski definition) is 5. The second kappa shape index (κ2) is 11.5. The van der Waals surface area contributed by atoms with E-state index in [1.165, 1.54) is 54.7 Å². The Bertz CT molecular complexity index is 1460. The van der Waals surface area contributed by atoms with Crippen LogP contribution < -0.4 is 14.9 Å². The minimum atomic E-state index is -3.78. The molecule has 0 aliphatic heterocycles. The van der Waals surface area contributed by atoms with Gasteiger partial charge in [0.1, 0.15) is 12.4 Å². The predicted molar refractivity (Wildman–Crippen MR) is 141 cm³/mol. The van der Waals surface area contributed by atoms with Crippen molar-refractivity contribution < 1.29 is 17.9 Å². The average Bonchev–Trinajstić information content (AvgIpc) is 2.89. The van der Waals surface area contributed by atoms with E-state index >= 15 is 0 Å². The van der Waals surface area contributed by atoms with Crippen molar-refractivity contribution in [2.75, 3.05) is 4.72 Å². The molecule has 0 bridgehead atoms. The molecular formula is C27H22ClN3O4S. The van der Waals surface area contributed by atoms with Crippen LogP contribution >= 0.6 is 11.6 Å². The first-order valence-electron chi connectivity index (χ1n) is 10.9. The molecule has 4 aromatic carbocycles. The lowest BCUT2D eigenvalue weighted by molar-refractivity contribution is 0.0955. The Kier molecular flexibility index (Phi) is 7.99. The topological polar surface area (TPSA) is 96.9 Å². The standard InChI is InChI=1S/C27H22ClN3O4S/c28-23-12-16-25(17-13-23)36(33,34)31-24-14-10-21(11-15-24)27(32)30-29-18-22-8-4-5-9-26(22)35-19-20-6-2-1-3-7-20/h1-18,31H,19H2,(H,30,32)/b29-18+. The summed E-state index contributed by atoms with van der Waals surface area (Å²) in [7, 11) is -3.78. The molecule has 182 valence electrons. The molecular weight excluding hydrogens is 498 g/mol. The SMILES string of the molecule is O=C(N/N=C/c1ccccc1OCc1ccccc1)c1ccc(NS(=O)(=O)c2ccc(Cl)cc2)cc1. The molecule has 4 rings (SSSR count). The summed E-state index contributed by atoms with van der Waals surface area (Å²) in [5, 5.41) is 4.48. The number of benzene rings is 4. The largest absolute Gasteiger partial charge is 0.488 e. The number of hydrazone groups is 1. The highest BCUT2D eigenvalue weighted by molar-refractivity contribution is 7.92. The summed E-state index contributed by atoms with van der Waals surface area (Å²) >= 11 is 5.82. The number of anilines is 1. The number of hydrogen-bond donors (Lipinski definition) is 2. The number of rotatable bonds is 9. The maximum Gasteiger partial charge on any atom is 0.271 e. The van der Waals surface area contributed by atoms with Crippen molar-refractivity contribution in [3.63, 3.8) is 0 Å². The smallest absolute Gasteiger partial charge is 0.271 e. The summed E-state index contributed by atoms with van der Waals surface area (Å²) in [6.45, 7) is 0.409. The van der Waals surface area contributed by atoms with Gasteiger partial charge in [-0.3, -0.25) is 9.52 Å². The van der Waals surface area contributed by atoms with Crippen molar-refractivity contribution in [2.45, 2.75) is 11.5 Å². The molecule has 2 N–H and O–H groups in total. The van der Waals surface area contributed by atoms with Gasteiger partial charge in [0.05, 0.1) is 11.1 Å². The fraction of sp³-hybridized carbons (Fsp3) is 0.0370. The number of amides is 1. The van der Waals surface area contributed by atoms with Gasteiger partial charge in [0.15, 0.2) is 0 Å². The molecule has 4 aromatic rings. The third-order valence-corrected chi connectivity index (χ3v) is 6.70. The van der Waals surface area contributed by atoms with E-state index in [9.17, 15) is 13.2 Å². The van der Waals surface area contributed by atoms with Gasteiger partial charge in [-0.1, -0.05) is 54.1 Å². The van der Waals surface area contributed by atoms with Crippen LogP contribution in [0.15, 0.2) is 113 Å². The molecule has 0 spiro atoms. The number of carbonyl (C=O) groups excluding carboxylic acids is 1. The van der Waals surface area contributed by atoms with Crippen molar-refractivity contribution in [3.8, 4) is 5.75 Å². The van der Waals surface area contributed by atoms with E-state index in [0.29, 0.717) is 34.2 Å². The normalized spacial score (nSPS) is 11.2. The first-order valence-corrected chi connectivity index (χ1v) is 12.7. The van der Waals surface area contributed by atoms with Crippen molar-refractivity contribution in [3.05, 3.63) is 125 Å². The van der Waals surface area contributed by atoms with Crippen LogP contribution in [0.1, 0.15) is 21.5 Å². The van der Waals surface area contributed by atoms with Crippen LogP contribution in [-0.4, -0.2) is 20.5 Å². The zero-order chi connectivity index (χ0) is 25.4. The highest BCUT2D eigenvalue weighted by Crippen LogP contribution is 2.19. The minimum absolute atomic E-state index is 0.0797. The van der Waals surface area contributed by atoms with Crippen molar-refractivity contribution in [1.82, 2.24) is 5.43 Å². The molecule has 1 amide bonds. The first-order chi connectivity index (χ1) is 17.4. The Morgan fingerprint density at radius 3 is 2.25 bits per heavy atom. The summed E-state index contributed by atoms with van der Waals surface area (Å²) in [5.74, 6) is 0.192. The number of carbonyl (C=O) groups is 1. The van der Waals surface area contributed by atoms with Crippen molar-refractivity contribution >= 4 is 39.4 Å². The Morgan fingerprint density at radius 1 is 0.861 bits per heavy atom. The summed E-state index contributed by atoms with van der Waals surface area (Å²) in [6, 6.07) is 29.0. The van der Waals surface area contributed by atoms with Gasteiger partial charge in [0.25, 0.3) is 15.9 Å². The molecule has 0 aliphatic carbocycles. The molecule has 0 unspecified atom stereocenters. The molecule has 7 nitrogen and oxygen atoms in total. The monoisotopic (exact) mass is 519 g/mol. The van der Waals surface area contributed by atoms with E-state index in [-0.39, 0.29) is 4.90 Å². The maximum atomic E-state index is 12.5. The molecule has 0 atom stereocenters. The third-order valence-electron chi connectivity index (χ3n) is 5.05. The Morgan fingerprint density at radius 2 is 1.53 bits per heavy atom. The van der Waals surface area contributed by atoms with Crippen LogP contribution in [0, 0.1) is 0 Å². The Hall–Kier alpha value is -4.14. The van der Waals surface area contributed by atoms with Crippen LogP contribution in [0.2, 0.25) is 5.02 Å². The molecule has 0 saturated heterocycles. The van der Waals surface area contributed by atoms with Gasteiger partial charge in [-0.05, 0) is 66.2 Å². The number of ether oxygens (including phenoxy) is 1. The first kappa shape index (κ1) is 25.0. The van der Waals surface area contributed by atoms with Crippen LogP contribution in [0.5, 0.6) is 5.75 Å². The molecule has 0 aromatic heterocycles. The quantitative estimate of drug-likeness (QED) is 0.226. The second-order valence-corrected chi connectivity index (χ2v) is 9.77. The van der Waals surface area contributed by atoms with Gasteiger partial charge >= 0.3 is 0 Å². The highest BCUT2D eigenvalue weighted by Gasteiger charge is 2.14. The molecule has 0 heterocycles. The minimum Gasteiger partial charge on any atom is -0.488 e. The summed E-state index contributed by atoms with van der Waals surface area (Å²) in [5.41, 5.74) is 4.85. The van der Waals surface area contributed by atoms with Crippen LogP contribution in [0.25, 0.3) is 0 Å². The van der Waals surface area contributed by atoms with Gasteiger partial charge in [-0.25, -0.2) is 13.8 Å². The van der Waals surface area contributed by atoms with E-state index in [0.717, 1.165) is 5.56 Å². The van der Waals surface area contributed by atoms with E-state index < -0.39 is 15.9 Å². The Balaban J connectivity index is 1.35. The molecule has 0 saturated carbocycles. The van der Waals surface area contributed by atoms with Crippen molar-refractivity contribution in [1.29, 1.82) is 0 Å². The number of para-hydroxylation sites is 1. The summed E-state index contributed by atoms with van der Waals surface area (Å²) in [6.07, 6.45) is 1.51. The van der Waals surface area contributed by atoms with Gasteiger partial charge in [0, 0.05) is 21.8 Å². The summed E-state index contributed by atoms with van der Waals surface area (Å²) in [4.78, 5) is 12.6. The predicted octanol–water partition coefficient (Wildman–Crippen LogP) is 5.48. The van der Waals surface area contributed by atoms with Crippen molar-refractivity contribution in [2.24, 2.45) is 5.10 Å². The van der Waals surface area contributed by atoms with Crippen LogP contribution in [-0.2, 0) is 16.6 Å². The highest BCUT2D eigenvalue weighted by atomic mass is 35.5. The van der Waals surface area contributed by atoms with Gasteiger partial charge < -0.3 is 4.74 Å².